The van der Waals surface area contributed by atoms with E-state index in [1.807, 2.05) is 0 Å². The third-order valence-corrected chi connectivity index (χ3v) is 3.73. The number of methoxy groups -OCH3 is 1. The third-order valence-electron chi connectivity index (χ3n) is 3.73. The first-order valence-corrected chi connectivity index (χ1v) is 8.45. The number of benzene rings is 2. The molecule has 0 fully saturated rings. The van der Waals surface area contributed by atoms with E-state index in [9.17, 15) is 9.59 Å². The molecule has 0 aliphatic heterocycles. The summed E-state index contributed by atoms with van der Waals surface area (Å²) in [5, 5.41) is 8.57. The molecule has 8 nitrogen and oxygen atoms in total. The van der Waals surface area contributed by atoms with E-state index in [0.29, 0.717) is 22.9 Å². The summed E-state index contributed by atoms with van der Waals surface area (Å²) in [4.78, 5) is 31.6. The highest BCUT2D eigenvalue weighted by atomic mass is 16.5. The molecule has 3 rings (SSSR count). The maximum atomic E-state index is 12.4. The van der Waals surface area contributed by atoms with E-state index in [1.54, 1.807) is 61.7 Å². The first kappa shape index (κ1) is 18.8. The summed E-state index contributed by atoms with van der Waals surface area (Å²) in [6.07, 6.45) is 1.32. The van der Waals surface area contributed by atoms with Crippen molar-refractivity contribution >= 4 is 34.7 Å². The van der Waals surface area contributed by atoms with Gasteiger partial charge in [-0.05, 0) is 48.5 Å². The molecular weight excluding hydrogens is 358 g/mol. The number of ether oxygens (including phenoxy) is 1. The summed E-state index contributed by atoms with van der Waals surface area (Å²) < 4.78 is 5.10. The highest BCUT2D eigenvalue weighted by Gasteiger charge is 2.10. The van der Waals surface area contributed by atoms with Crippen LogP contribution < -0.4 is 20.7 Å². The number of nitrogens with zero attached hydrogens (tertiary/aromatic N) is 2. The molecule has 3 aromatic rings. The van der Waals surface area contributed by atoms with Gasteiger partial charge in [-0.3, -0.25) is 9.59 Å². The maximum absolute atomic E-state index is 12.4. The molecule has 0 saturated heterocycles. The average Bonchev–Trinajstić information content (AvgIpc) is 2.70. The normalized spacial score (nSPS) is 10.1. The Morgan fingerprint density at radius 1 is 0.857 bits per heavy atom. The van der Waals surface area contributed by atoms with Gasteiger partial charge in [0.1, 0.15) is 23.6 Å². The van der Waals surface area contributed by atoms with Gasteiger partial charge in [0.05, 0.1) is 7.11 Å². The lowest BCUT2D eigenvalue weighted by Gasteiger charge is -2.09. The predicted molar refractivity (Wildman–Crippen MR) is 107 cm³/mol. The van der Waals surface area contributed by atoms with E-state index in [0.717, 1.165) is 5.69 Å². The zero-order valence-corrected chi connectivity index (χ0v) is 15.4. The molecule has 3 N–H and O–H groups in total. The molecule has 1 aromatic heterocycles. The van der Waals surface area contributed by atoms with E-state index < -0.39 is 0 Å². The number of hydrogen-bond donors (Lipinski definition) is 3. The number of hydrogen-bond acceptors (Lipinski definition) is 6. The summed E-state index contributed by atoms with van der Waals surface area (Å²) in [6.45, 7) is 1.45. The molecule has 2 amide bonds. The highest BCUT2D eigenvalue weighted by Crippen LogP contribution is 2.19. The molecule has 2 aromatic carbocycles. The number of anilines is 4. The molecule has 0 aliphatic carbocycles. The van der Waals surface area contributed by atoms with E-state index >= 15 is 0 Å². The zero-order chi connectivity index (χ0) is 19.9. The third kappa shape index (κ3) is 5.04. The minimum absolute atomic E-state index is 0.135. The average molecular weight is 377 g/mol. The van der Waals surface area contributed by atoms with Crippen molar-refractivity contribution in [1.82, 2.24) is 9.97 Å². The Kier molecular flexibility index (Phi) is 5.81. The number of nitrogens with one attached hydrogen (secondary N) is 3. The van der Waals surface area contributed by atoms with Crippen LogP contribution in [0.5, 0.6) is 5.75 Å². The SMILES string of the molecule is COc1ccc(NC(=O)c2cc(Nc3ccc(NC(C)=O)cc3)ncn2)cc1. The number of carbonyl (C=O) groups excluding carboxylic acids is 2. The number of aromatic nitrogens is 2. The van der Waals surface area contributed by atoms with Gasteiger partial charge >= 0.3 is 0 Å². The van der Waals surface area contributed by atoms with E-state index in [2.05, 4.69) is 25.9 Å². The largest absolute Gasteiger partial charge is 0.497 e. The fourth-order valence-electron chi connectivity index (χ4n) is 2.41. The van der Waals surface area contributed by atoms with E-state index in [1.165, 1.54) is 13.3 Å². The lowest BCUT2D eigenvalue weighted by atomic mass is 10.2. The van der Waals surface area contributed by atoms with Gasteiger partial charge in [0.2, 0.25) is 5.91 Å². The summed E-state index contributed by atoms with van der Waals surface area (Å²) in [5.41, 5.74) is 2.31. The summed E-state index contributed by atoms with van der Waals surface area (Å²) >= 11 is 0. The van der Waals surface area contributed by atoms with Crippen LogP contribution in [0.4, 0.5) is 22.9 Å². The molecule has 28 heavy (non-hydrogen) atoms. The Labute approximate surface area is 162 Å². The van der Waals surface area contributed by atoms with Crippen molar-refractivity contribution in [2.45, 2.75) is 6.92 Å². The van der Waals surface area contributed by atoms with Gasteiger partial charge in [0.25, 0.3) is 5.91 Å². The first-order chi connectivity index (χ1) is 13.5. The lowest BCUT2D eigenvalue weighted by molar-refractivity contribution is -0.114. The van der Waals surface area contributed by atoms with Gasteiger partial charge in [-0.1, -0.05) is 0 Å². The van der Waals surface area contributed by atoms with Crippen molar-refractivity contribution in [1.29, 1.82) is 0 Å². The van der Waals surface area contributed by atoms with Crippen molar-refractivity contribution in [2.24, 2.45) is 0 Å². The van der Waals surface area contributed by atoms with E-state index in [-0.39, 0.29) is 17.5 Å². The second kappa shape index (κ2) is 8.63. The molecule has 0 unspecified atom stereocenters. The van der Waals surface area contributed by atoms with Crippen molar-refractivity contribution in [3.8, 4) is 5.75 Å². The minimum Gasteiger partial charge on any atom is -0.497 e. The molecule has 0 saturated carbocycles. The lowest BCUT2D eigenvalue weighted by Crippen LogP contribution is -2.14. The van der Waals surface area contributed by atoms with Crippen molar-refractivity contribution in [2.75, 3.05) is 23.1 Å². The molecule has 0 spiro atoms. The number of rotatable bonds is 6. The second-order valence-corrected chi connectivity index (χ2v) is 5.85. The Bertz CT molecular complexity index is 972. The van der Waals surface area contributed by atoms with Gasteiger partial charge in [-0.2, -0.15) is 0 Å². The van der Waals surface area contributed by atoms with Crippen LogP contribution in [0, 0.1) is 0 Å². The molecule has 8 heteroatoms. The Balaban J connectivity index is 1.67. The number of amides is 2. The Hall–Kier alpha value is -3.94. The zero-order valence-electron chi connectivity index (χ0n) is 15.4. The van der Waals surface area contributed by atoms with Gasteiger partial charge < -0.3 is 20.7 Å². The van der Waals surface area contributed by atoms with Crippen LogP contribution in [-0.4, -0.2) is 28.9 Å². The summed E-state index contributed by atoms with van der Waals surface area (Å²) in [6, 6.07) is 15.7. The Morgan fingerprint density at radius 3 is 2.11 bits per heavy atom. The van der Waals surface area contributed by atoms with Gasteiger partial charge in [0.15, 0.2) is 0 Å². The van der Waals surface area contributed by atoms with Gasteiger partial charge in [-0.25, -0.2) is 9.97 Å². The minimum atomic E-state index is -0.350. The highest BCUT2D eigenvalue weighted by molar-refractivity contribution is 6.03. The molecule has 1 heterocycles. The van der Waals surface area contributed by atoms with Gasteiger partial charge in [0, 0.05) is 30.1 Å². The van der Waals surface area contributed by atoms with Crippen LogP contribution in [0.1, 0.15) is 17.4 Å². The molecule has 0 atom stereocenters. The fourth-order valence-corrected chi connectivity index (χ4v) is 2.41. The Morgan fingerprint density at radius 2 is 1.46 bits per heavy atom. The smallest absolute Gasteiger partial charge is 0.274 e. The van der Waals surface area contributed by atoms with E-state index in [4.69, 9.17) is 4.74 Å². The molecule has 0 bridgehead atoms. The van der Waals surface area contributed by atoms with Crippen LogP contribution in [0.25, 0.3) is 0 Å². The van der Waals surface area contributed by atoms with Crippen LogP contribution >= 0.6 is 0 Å². The van der Waals surface area contributed by atoms with Crippen LogP contribution in [0.2, 0.25) is 0 Å². The molecule has 0 aliphatic rings. The first-order valence-electron chi connectivity index (χ1n) is 8.45. The standard InChI is InChI=1S/C20H19N5O3/c1-13(26)23-14-3-5-15(6-4-14)24-19-11-18(21-12-22-19)20(27)25-16-7-9-17(28-2)10-8-16/h3-12H,1-2H3,(H,23,26)(H,25,27)(H,21,22,24). The van der Waals surface area contributed by atoms with Crippen molar-refractivity contribution in [3.63, 3.8) is 0 Å². The number of carbonyl (C=O) groups is 2. The van der Waals surface area contributed by atoms with Crippen molar-refractivity contribution < 1.29 is 14.3 Å². The fraction of sp³-hybridized carbons (Fsp3) is 0.100. The summed E-state index contributed by atoms with van der Waals surface area (Å²) in [5.74, 6) is 0.693. The monoisotopic (exact) mass is 377 g/mol. The quantitative estimate of drug-likeness (QED) is 0.608. The van der Waals surface area contributed by atoms with Crippen LogP contribution in [0.15, 0.2) is 60.9 Å². The summed E-state index contributed by atoms with van der Waals surface area (Å²) in [7, 11) is 1.58. The van der Waals surface area contributed by atoms with Crippen LogP contribution in [0.3, 0.4) is 0 Å². The van der Waals surface area contributed by atoms with Crippen LogP contribution in [-0.2, 0) is 4.79 Å². The molecule has 142 valence electrons. The molecular formula is C20H19N5O3. The van der Waals surface area contributed by atoms with Crippen molar-refractivity contribution in [3.05, 3.63) is 66.6 Å². The maximum Gasteiger partial charge on any atom is 0.274 e. The second-order valence-electron chi connectivity index (χ2n) is 5.85. The predicted octanol–water partition coefficient (Wildman–Crippen LogP) is 3.44. The topological polar surface area (TPSA) is 105 Å². The molecule has 0 radical (unpaired) electrons. The van der Waals surface area contributed by atoms with Gasteiger partial charge in [-0.15, -0.1) is 0 Å².